The first-order valence-electron chi connectivity index (χ1n) is 5.70. The van der Waals surface area contributed by atoms with Crippen LogP contribution in [0.3, 0.4) is 0 Å². The molecule has 0 bridgehead atoms. The quantitative estimate of drug-likeness (QED) is 0.682. The Bertz CT molecular complexity index is 709. The summed E-state index contributed by atoms with van der Waals surface area (Å²) < 4.78 is 0. The summed E-state index contributed by atoms with van der Waals surface area (Å²) in [6, 6.07) is 7.95. The Morgan fingerprint density at radius 1 is 1.11 bits per heavy atom. The highest BCUT2D eigenvalue weighted by molar-refractivity contribution is 5.85. The van der Waals surface area contributed by atoms with E-state index in [1.54, 1.807) is 0 Å². The summed E-state index contributed by atoms with van der Waals surface area (Å²) in [6.07, 6.45) is 0. The van der Waals surface area contributed by atoms with Crippen molar-refractivity contribution in [3.63, 3.8) is 0 Å². The van der Waals surface area contributed by atoms with E-state index >= 15 is 0 Å². The third-order valence-electron chi connectivity index (χ3n) is 2.91. The van der Waals surface area contributed by atoms with Crippen molar-refractivity contribution in [2.75, 3.05) is 5.73 Å². The average Bonchev–Trinajstić information content (AvgIpc) is 2.69. The zero-order chi connectivity index (χ0) is 12.7. The molecule has 5 nitrogen and oxygen atoms in total. The molecule has 0 spiro atoms. The lowest BCUT2D eigenvalue weighted by Crippen LogP contribution is -1.98. The van der Waals surface area contributed by atoms with Gasteiger partial charge in [-0.2, -0.15) is 5.10 Å². The minimum absolute atomic E-state index is 0.300. The Morgan fingerprint density at radius 2 is 1.94 bits per heavy atom. The fraction of sp³-hybridized carbons (Fsp3) is 0.154. The number of rotatable bonds is 1. The molecule has 1 aromatic carbocycles. The topological polar surface area (TPSA) is 80.5 Å². The predicted octanol–water partition coefficient (Wildman–Crippen LogP) is 2.22. The minimum Gasteiger partial charge on any atom is -0.368 e. The van der Waals surface area contributed by atoms with Gasteiger partial charge >= 0.3 is 0 Å². The van der Waals surface area contributed by atoms with Crippen LogP contribution in [0.1, 0.15) is 11.4 Å². The van der Waals surface area contributed by atoms with Crippen molar-refractivity contribution in [2.24, 2.45) is 0 Å². The van der Waals surface area contributed by atoms with E-state index in [-0.39, 0.29) is 0 Å². The molecular formula is C13H13N5. The molecule has 0 saturated carbocycles. The molecule has 5 heteroatoms. The number of aromatic nitrogens is 4. The molecule has 90 valence electrons. The van der Waals surface area contributed by atoms with E-state index in [1.807, 2.05) is 32.0 Å². The molecule has 3 rings (SSSR count). The maximum absolute atomic E-state index is 5.68. The zero-order valence-electron chi connectivity index (χ0n) is 10.2. The lowest BCUT2D eigenvalue weighted by Gasteiger charge is -2.03. The van der Waals surface area contributed by atoms with Crippen LogP contribution in [0.2, 0.25) is 0 Å². The monoisotopic (exact) mass is 239 g/mol. The number of nitrogens with one attached hydrogen (secondary N) is 1. The Hall–Kier alpha value is -2.43. The van der Waals surface area contributed by atoms with Crippen molar-refractivity contribution in [2.45, 2.75) is 13.8 Å². The van der Waals surface area contributed by atoms with Crippen LogP contribution in [-0.2, 0) is 0 Å². The van der Waals surface area contributed by atoms with Gasteiger partial charge in [0.1, 0.15) is 0 Å². The van der Waals surface area contributed by atoms with Crippen LogP contribution in [0.25, 0.3) is 22.2 Å². The molecule has 0 saturated heterocycles. The molecule has 0 atom stereocenters. The first-order chi connectivity index (χ1) is 8.63. The van der Waals surface area contributed by atoms with E-state index in [2.05, 4.69) is 26.2 Å². The summed E-state index contributed by atoms with van der Waals surface area (Å²) in [4.78, 5) is 8.34. The van der Waals surface area contributed by atoms with E-state index in [9.17, 15) is 0 Å². The molecule has 2 heterocycles. The van der Waals surface area contributed by atoms with Gasteiger partial charge in [-0.1, -0.05) is 6.07 Å². The van der Waals surface area contributed by atoms with Gasteiger partial charge < -0.3 is 5.73 Å². The van der Waals surface area contributed by atoms with Crippen LogP contribution in [0.15, 0.2) is 24.3 Å². The van der Waals surface area contributed by atoms with Crippen molar-refractivity contribution in [1.29, 1.82) is 0 Å². The van der Waals surface area contributed by atoms with Crippen LogP contribution in [-0.4, -0.2) is 20.2 Å². The van der Waals surface area contributed by atoms with Crippen LogP contribution in [0.5, 0.6) is 0 Å². The lowest BCUT2D eigenvalue weighted by atomic mass is 10.1. The number of H-pyrrole nitrogens is 1. The number of anilines is 1. The molecular weight excluding hydrogens is 226 g/mol. The van der Waals surface area contributed by atoms with Gasteiger partial charge in [-0.25, -0.2) is 9.97 Å². The van der Waals surface area contributed by atoms with Gasteiger partial charge in [-0.3, -0.25) is 5.10 Å². The smallest absolute Gasteiger partial charge is 0.220 e. The number of fused-ring (bicyclic) bond motifs is 1. The number of aromatic amines is 1. The van der Waals surface area contributed by atoms with Gasteiger partial charge in [-0.05, 0) is 32.0 Å². The SMILES string of the molecule is Cc1cc(-c2ccc3n[nH]c(C)c3c2)nc(N)n1. The second-order valence-electron chi connectivity index (χ2n) is 4.33. The number of nitrogen functional groups attached to an aromatic ring is 1. The fourth-order valence-corrected chi connectivity index (χ4v) is 2.04. The first-order valence-corrected chi connectivity index (χ1v) is 5.70. The summed E-state index contributed by atoms with van der Waals surface area (Å²) >= 11 is 0. The fourth-order valence-electron chi connectivity index (χ4n) is 2.04. The lowest BCUT2D eigenvalue weighted by molar-refractivity contribution is 1.07. The zero-order valence-corrected chi connectivity index (χ0v) is 10.2. The van der Waals surface area contributed by atoms with Gasteiger partial charge in [0.2, 0.25) is 5.95 Å². The molecule has 0 unspecified atom stereocenters. The van der Waals surface area contributed by atoms with Crippen molar-refractivity contribution >= 4 is 16.9 Å². The van der Waals surface area contributed by atoms with E-state index in [1.165, 1.54) is 0 Å². The molecule has 18 heavy (non-hydrogen) atoms. The Morgan fingerprint density at radius 3 is 2.72 bits per heavy atom. The van der Waals surface area contributed by atoms with Crippen molar-refractivity contribution < 1.29 is 0 Å². The molecule has 2 aromatic heterocycles. The second-order valence-corrected chi connectivity index (χ2v) is 4.33. The van der Waals surface area contributed by atoms with E-state index in [4.69, 9.17) is 5.73 Å². The number of nitrogens with zero attached hydrogens (tertiary/aromatic N) is 3. The number of nitrogens with two attached hydrogens (primary N) is 1. The average molecular weight is 239 g/mol. The van der Waals surface area contributed by atoms with Crippen molar-refractivity contribution in [1.82, 2.24) is 20.2 Å². The van der Waals surface area contributed by atoms with E-state index in [0.29, 0.717) is 5.95 Å². The van der Waals surface area contributed by atoms with E-state index < -0.39 is 0 Å². The molecule has 0 amide bonds. The molecule has 0 radical (unpaired) electrons. The van der Waals surface area contributed by atoms with Gasteiger partial charge in [-0.15, -0.1) is 0 Å². The highest BCUT2D eigenvalue weighted by Crippen LogP contribution is 2.24. The maximum atomic E-state index is 5.68. The van der Waals surface area contributed by atoms with Gasteiger partial charge in [0.05, 0.1) is 11.2 Å². The first kappa shape index (κ1) is 10.7. The molecule has 0 aliphatic carbocycles. The molecule has 0 aliphatic heterocycles. The molecule has 3 N–H and O–H groups in total. The van der Waals surface area contributed by atoms with Crippen LogP contribution in [0, 0.1) is 13.8 Å². The highest BCUT2D eigenvalue weighted by atomic mass is 15.1. The van der Waals surface area contributed by atoms with Gasteiger partial charge in [0.15, 0.2) is 0 Å². The summed E-state index contributed by atoms with van der Waals surface area (Å²) in [6.45, 7) is 3.90. The minimum atomic E-state index is 0.300. The Balaban J connectivity index is 2.21. The largest absolute Gasteiger partial charge is 0.368 e. The maximum Gasteiger partial charge on any atom is 0.220 e. The van der Waals surface area contributed by atoms with Crippen molar-refractivity contribution in [3.05, 3.63) is 35.7 Å². The second kappa shape index (κ2) is 3.80. The van der Waals surface area contributed by atoms with Gasteiger partial charge in [0.25, 0.3) is 0 Å². The molecule has 0 aliphatic rings. The van der Waals surface area contributed by atoms with Gasteiger partial charge in [0, 0.05) is 22.3 Å². The highest BCUT2D eigenvalue weighted by Gasteiger charge is 2.06. The van der Waals surface area contributed by atoms with Crippen molar-refractivity contribution in [3.8, 4) is 11.3 Å². The normalized spacial score (nSPS) is 11.0. The molecule has 3 aromatic rings. The predicted molar refractivity (Wildman–Crippen MR) is 71.0 cm³/mol. The summed E-state index contributed by atoms with van der Waals surface area (Å²) in [5.74, 6) is 0.300. The molecule has 0 fully saturated rings. The van der Waals surface area contributed by atoms with E-state index in [0.717, 1.165) is 33.5 Å². The number of benzene rings is 1. The number of hydrogen-bond acceptors (Lipinski definition) is 4. The van der Waals surface area contributed by atoms with Crippen LogP contribution >= 0.6 is 0 Å². The third-order valence-corrected chi connectivity index (χ3v) is 2.91. The van der Waals surface area contributed by atoms with Crippen LogP contribution in [0.4, 0.5) is 5.95 Å². The third kappa shape index (κ3) is 1.69. The van der Waals surface area contributed by atoms with Crippen LogP contribution < -0.4 is 5.73 Å². The Labute approximate surface area is 104 Å². The number of aryl methyl sites for hydroxylation is 2. The standard InChI is InChI=1S/C13H13N5/c1-7-5-12(16-13(14)15-7)9-3-4-11-10(6-9)8(2)17-18-11/h3-6H,1-2H3,(H,17,18)(H2,14,15,16). The number of hydrogen-bond donors (Lipinski definition) is 2. The summed E-state index contributed by atoms with van der Waals surface area (Å²) in [5.41, 5.74) is 10.4. The Kier molecular flexibility index (Phi) is 2.26. The summed E-state index contributed by atoms with van der Waals surface area (Å²) in [5, 5.41) is 8.28. The summed E-state index contributed by atoms with van der Waals surface area (Å²) in [7, 11) is 0.